The average Bonchev–Trinajstić information content (AvgIpc) is 2.85. The summed E-state index contributed by atoms with van der Waals surface area (Å²) in [5, 5.41) is 1.42. The van der Waals surface area contributed by atoms with Gasteiger partial charge in [0, 0.05) is 17.1 Å². The van der Waals surface area contributed by atoms with E-state index >= 15 is 0 Å². The van der Waals surface area contributed by atoms with Gasteiger partial charge in [-0.1, -0.05) is 66.4 Å². The van der Waals surface area contributed by atoms with Crippen LogP contribution in [0, 0.1) is 0 Å². The molecule has 21 heavy (non-hydrogen) atoms. The smallest absolute Gasteiger partial charge is 0.0457 e. The Morgan fingerprint density at radius 3 is 2.52 bits per heavy atom. The number of aromatic nitrogens is 1. The van der Waals surface area contributed by atoms with Crippen LogP contribution in [-0.4, -0.2) is 4.98 Å². The van der Waals surface area contributed by atoms with Gasteiger partial charge in [0.25, 0.3) is 0 Å². The van der Waals surface area contributed by atoms with Crippen LogP contribution in [0.5, 0.6) is 0 Å². The van der Waals surface area contributed by atoms with Crippen molar-refractivity contribution < 1.29 is 0 Å². The summed E-state index contributed by atoms with van der Waals surface area (Å²) in [7, 11) is 0. The third kappa shape index (κ3) is 3.90. The van der Waals surface area contributed by atoms with E-state index in [1.807, 2.05) is 0 Å². The summed E-state index contributed by atoms with van der Waals surface area (Å²) in [4.78, 5) is 3.45. The lowest BCUT2D eigenvalue weighted by molar-refractivity contribution is 0.581. The minimum atomic E-state index is 0.215. The standard InChI is InChI=1S/C20H31N/c1-6-7-8-9-10-15(2)18-14-21-19-12-11-16(13-17(18)19)20(3,4)5/h11-15,21H,6-10H2,1-5H3. The fourth-order valence-corrected chi connectivity index (χ4v) is 3.05. The fraction of sp³-hybridized carbons (Fsp3) is 0.600. The molecule has 1 heteroatoms. The summed E-state index contributed by atoms with van der Waals surface area (Å²) in [6.07, 6.45) is 8.93. The van der Waals surface area contributed by atoms with E-state index in [0.717, 1.165) is 0 Å². The molecule has 2 rings (SSSR count). The number of hydrogen-bond donors (Lipinski definition) is 1. The summed E-state index contributed by atoms with van der Waals surface area (Å²) >= 11 is 0. The Balaban J connectivity index is 2.19. The molecule has 1 aromatic heterocycles. The molecule has 0 aliphatic rings. The van der Waals surface area contributed by atoms with Crippen molar-refractivity contribution in [1.29, 1.82) is 0 Å². The molecule has 1 aromatic carbocycles. The topological polar surface area (TPSA) is 15.8 Å². The fourth-order valence-electron chi connectivity index (χ4n) is 3.05. The van der Waals surface area contributed by atoms with Crippen molar-refractivity contribution in [2.75, 3.05) is 0 Å². The number of unbranched alkanes of at least 4 members (excludes halogenated alkanes) is 3. The van der Waals surface area contributed by atoms with E-state index in [0.29, 0.717) is 5.92 Å². The van der Waals surface area contributed by atoms with Gasteiger partial charge in [-0.2, -0.15) is 0 Å². The Bertz CT molecular complexity index is 571. The number of hydrogen-bond acceptors (Lipinski definition) is 0. The van der Waals surface area contributed by atoms with Crippen molar-refractivity contribution in [2.24, 2.45) is 0 Å². The van der Waals surface area contributed by atoms with Gasteiger partial charge < -0.3 is 4.98 Å². The van der Waals surface area contributed by atoms with Gasteiger partial charge in [0.1, 0.15) is 0 Å². The number of fused-ring (bicyclic) bond motifs is 1. The number of H-pyrrole nitrogens is 1. The van der Waals surface area contributed by atoms with E-state index in [1.165, 1.54) is 54.1 Å². The van der Waals surface area contributed by atoms with Crippen molar-refractivity contribution in [3.63, 3.8) is 0 Å². The first-order valence-electron chi connectivity index (χ1n) is 8.55. The second-order valence-electron chi connectivity index (χ2n) is 7.50. The molecule has 0 saturated heterocycles. The summed E-state index contributed by atoms with van der Waals surface area (Å²) < 4.78 is 0. The van der Waals surface area contributed by atoms with Crippen LogP contribution in [0.4, 0.5) is 0 Å². The van der Waals surface area contributed by atoms with Crippen molar-refractivity contribution in [2.45, 2.75) is 78.1 Å². The molecule has 1 heterocycles. The Kier molecular flexibility index (Phi) is 5.13. The summed E-state index contributed by atoms with van der Waals surface area (Å²) in [5.41, 5.74) is 4.41. The Morgan fingerprint density at radius 2 is 1.86 bits per heavy atom. The van der Waals surface area contributed by atoms with Gasteiger partial charge in [-0.3, -0.25) is 0 Å². The number of rotatable bonds is 6. The number of nitrogens with one attached hydrogen (secondary N) is 1. The van der Waals surface area contributed by atoms with Crippen LogP contribution < -0.4 is 0 Å². The highest BCUT2D eigenvalue weighted by molar-refractivity contribution is 5.84. The maximum atomic E-state index is 3.45. The molecule has 0 saturated carbocycles. The summed E-state index contributed by atoms with van der Waals surface area (Å²) in [5.74, 6) is 0.644. The molecule has 0 spiro atoms. The third-order valence-corrected chi connectivity index (χ3v) is 4.60. The molecule has 1 atom stereocenters. The van der Waals surface area contributed by atoms with Crippen LogP contribution in [-0.2, 0) is 5.41 Å². The zero-order valence-corrected chi connectivity index (χ0v) is 14.4. The highest BCUT2D eigenvalue weighted by Crippen LogP contribution is 2.32. The monoisotopic (exact) mass is 285 g/mol. The Morgan fingerprint density at radius 1 is 1.10 bits per heavy atom. The molecule has 0 amide bonds. The molecule has 2 aromatic rings. The molecule has 0 radical (unpaired) electrons. The molecular formula is C20H31N. The van der Waals surface area contributed by atoms with Gasteiger partial charge in [-0.05, 0) is 41.0 Å². The van der Waals surface area contributed by atoms with Crippen molar-refractivity contribution in [1.82, 2.24) is 4.98 Å². The molecule has 1 unspecified atom stereocenters. The van der Waals surface area contributed by atoms with Gasteiger partial charge in [-0.15, -0.1) is 0 Å². The van der Waals surface area contributed by atoms with Gasteiger partial charge in [0.15, 0.2) is 0 Å². The predicted octanol–water partition coefficient (Wildman–Crippen LogP) is 6.54. The quantitative estimate of drug-likeness (QED) is 0.580. The second kappa shape index (κ2) is 6.68. The first-order valence-corrected chi connectivity index (χ1v) is 8.55. The van der Waals surface area contributed by atoms with Gasteiger partial charge >= 0.3 is 0 Å². The van der Waals surface area contributed by atoms with Crippen LogP contribution in [0.3, 0.4) is 0 Å². The normalized spacial score (nSPS) is 13.8. The van der Waals surface area contributed by atoms with Crippen molar-refractivity contribution >= 4 is 10.9 Å². The van der Waals surface area contributed by atoms with E-state index in [9.17, 15) is 0 Å². The van der Waals surface area contributed by atoms with E-state index < -0.39 is 0 Å². The molecule has 0 aliphatic carbocycles. The Labute approximate surface area is 130 Å². The minimum absolute atomic E-state index is 0.215. The van der Waals surface area contributed by atoms with Gasteiger partial charge in [0.2, 0.25) is 0 Å². The summed E-state index contributed by atoms with van der Waals surface area (Å²) in [6, 6.07) is 6.89. The third-order valence-electron chi connectivity index (χ3n) is 4.60. The maximum Gasteiger partial charge on any atom is 0.0457 e. The molecule has 0 fully saturated rings. The molecule has 1 N–H and O–H groups in total. The number of benzene rings is 1. The molecule has 0 aliphatic heterocycles. The zero-order valence-electron chi connectivity index (χ0n) is 14.4. The second-order valence-corrected chi connectivity index (χ2v) is 7.50. The lowest BCUT2D eigenvalue weighted by Crippen LogP contribution is -2.10. The summed E-state index contributed by atoms with van der Waals surface area (Å²) in [6.45, 7) is 11.5. The zero-order chi connectivity index (χ0) is 15.5. The highest BCUT2D eigenvalue weighted by atomic mass is 14.7. The van der Waals surface area contributed by atoms with Crippen LogP contribution >= 0.6 is 0 Å². The predicted molar refractivity (Wildman–Crippen MR) is 94.2 cm³/mol. The largest absolute Gasteiger partial charge is 0.361 e. The van der Waals surface area contributed by atoms with Crippen molar-refractivity contribution in [3.05, 3.63) is 35.5 Å². The first-order chi connectivity index (χ1) is 9.93. The van der Waals surface area contributed by atoms with E-state index in [4.69, 9.17) is 0 Å². The SMILES string of the molecule is CCCCCCC(C)c1c[nH]c2ccc(C(C)(C)C)cc12. The van der Waals surface area contributed by atoms with E-state index in [2.05, 4.69) is 64.0 Å². The van der Waals surface area contributed by atoms with Crippen LogP contribution in [0.25, 0.3) is 10.9 Å². The molecular weight excluding hydrogens is 254 g/mol. The van der Waals surface area contributed by atoms with Gasteiger partial charge in [0.05, 0.1) is 0 Å². The molecule has 116 valence electrons. The van der Waals surface area contributed by atoms with Crippen LogP contribution in [0.2, 0.25) is 0 Å². The van der Waals surface area contributed by atoms with Crippen molar-refractivity contribution in [3.8, 4) is 0 Å². The van der Waals surface area contributed by atoms with E-state index in [-0.39, 0.29) is 5.41 Å². The Hall–Kier alpha value is -1.24. The lowest BCUT2D eigenvalue weighted by atomic mass is 9.85. The van der Waals surface area contributed by atoms with Crippen LogP contribution in [0.15, 0.2) is 24.4 Å². The maximum absolute atomic E-state index is 3.45. The lowest BCUT2D eigenvalue weighted by Gasteiger charge is -2.19. The van der Waals surface area contributed by atoms with Gasteiger partial charge in [-0.25, -0.2) is 0 Å². The van der Waals surface area contributed by atoms with E-state index in [1.54, 1.807) is 0 Å². The average molecular weight is 285 g/mol. The first kappa shape index (κ1) is 16.1. The molecule has 0 bridgehead atoms. The number of aromatic amines is 1. The van der Waals surface area contributed by atoms with Crippen LogP contribution in [0.1, 0.15) is 83.8 Å². The highest BCUT2D eigenvalue weighted by Gasteiger charge is 2.17. The molecule has 1 nitrogen and oxygen atoms in total. The minimum Gasteiger partial charge on any atom is -0.361 e.